The van der Waals surface area contributed by atoms with Crippen LogP contribution in [0.2, 0.25) is 0 Å². The first-order chi connectivity index (χ1) is 6.45. The van der Waals surface area contributed by atoms with Crippen molar-refractivity contribution in [2.45, 2.75) is 19.3 Å². The van der Waals surface area contributed by atoms with Crippen molar-refractivity contribution in [3.05, 3.63) is 47.6 Å². The molecule has 0 spiro atoms. The number of allylic oxidation sites excluding steroid dienone is 8. The average Bonchev–Trinajstić information content (AvgIpc) is 2.81. The van der Waals surface area contributed by atoms with Gasteiger partial charge in [-0.25, -0.2) is 0 Å². The summed E-state index contributed by atoms with van der Waals surface area (Å²) in [5.41, 5.74) is 3.11. The van der Waals surface area contributed by atoms with Crippen molar-refractivity contribution in [2.75, 3.05) is 6.38 Å². The van der Waals surface area contributed by atoms with Crippen LogP contribution in [0.3, 0.4) is 0 Å². The summed E-state index contributed by atoms with van der Waals surface area (Å²) in [4.78, 5) is 0. The molecule has 14 heavy (non-hydrogen) atoms. The topological polar surface area (TPSA) is 0 Å². The third kappa shape index (κ3) is 4.57. The zero-order chi connectivity index (χ0) is 9.52. The van der Waals surface area contributed by atoms with Gasteiger partial charge in [-0.05, 0) is 19.3 Å². The second-order valence-corrected chi connectivity index (χ2v) is 3.09. The van der Waals surface area contributed by atoms with Crippen LogP contribution in [-0.4, -0.2) is 6.38 Å². The van der Waals surface area contributed by atoms with E-state index in [4.69, 9.17) is 0 Å². The summed E-state index contributed by atoms with van der Waals surface area (Å²) >= 11 is 4.64. The predicted octanol–water partition coefficient (Wildman–Crippen LogP) is 4.00. The Morgan fingerprint density at radius 2 is 1.43 bits per heavy atom. The van der Waals surface area contributed by atoms with Crippen molar-refractivity contribution in [3.8, 4) is 0 Å². The van der Waals surface area contributed by atoms with Crippen molar-refractivity contribution in [3.63, 3.8) is 0 Å². The molecule has 0 bridgehead atoms. The molecule has 0 aromatic carbocycles. The maximum Gasteiger partial charge on any atom is 2.00 e. The van der Waals surface area contributed by atoms with Gasteiger partial charge in [-0.15, -0.1) is 11.6 Å². The van der Waals surface area contributed by atoms with E-state index < -0.39 is 0 Å². The van der Waals surface area contributed by atoms with E-state index in [9.17, 15) is 0 Å². The first-order valence-electron chi connectivity index (χ1n) is 4.52. The van der Waals surface area contributed by atoms with Gasteiger partial charge in [-0.2, -0.15) is 0 Å². The second-order valence-electron chi connectivity index (χ2n) is 3.09. The van der Waals surface area contributed by atoms with Gasteiger partial charge in [0.1, 0.15) is 0 Å². The van der Waals surface area contributed by atoms with Gasteiger partial charge in [0, 0.05) is 6.38 Å². The zero-order valence-electron chi connectivity index (χ0n) is 8.46. The van der Waals surface area contributed by atoms with Crippen LogP contribution in [0.25, 0.3) is 0 Å². The fraction of sp³-hybridized carbons (Fsp3) is 0.333. The largest absolute Gasteiger partial charge is 2.00 e. The molecular formula is C12H15ClZr+2. The molecule has 0 heterocycles. The van der Waals surface area contributed by atoms with Gasteiger partial charge in [0.15, 0.2) is 0 Å². The maximum absolute atomic E-state index is 4.64. The molecule has 2 rings (SSSR count). The Hall–Kier alpha value is 0.133. The molecular weight excluding hydrogens is 271 g/mol. The molecule has 0 atom stereocenters. The summed E-state index contributed by atoms with van der Waals surface area (Å²) in [5, 5.41) is 0. The van der Waals surface area contributed by atoms with Gasteiger partial charge in [-0.3, -0.25) is 0 Å². The van der Waals surface area contributed by atoms with Gasteiger partial charge < -0.3 is 0 Å². The van der Waals surface area contributed by atoms with Crippen LogP contribution in [-0.2, 0) is 26.2 Å². The van der Waals surface area contributed by atoms with E-state index in [0.717, 1.165) is 12.8 Å². The first-order valence-corrected chi connectivity index (χ1v) is 5.28. The predicted molar refractivity (Wildman–Crippen MR) is 60.1 cm³/mol. The molecule has 0 aromatic heterocycles. The van der Waals surface area contributed by atoms with Gasteiger partial charge in [0.2, 0.25) is 0 Å². The normalized spacial score (nSPS) is 16.7. The summed E-state index contributed by atoms with van der Waals surface area (Å²) in [6, 6.07) is 0. The van der Waals surface area contributed by atoms with Gasteiger partial charge in [0.05, 0.1) is 0 Å². The zero-order valence-corrected chi connectivity index (χ0v) is 11.7. The summed E-state index contributed by atoms with van der Waals surface area (Å²) in [7, 11) is 0. The second kappa shape index (κ2) is 8.44. The van der Waals surface area contributed by atoms with Gasteiger partial charge in [0.25, 0.3) is 0 Å². The van der Waals surface area contributed by atoms with Crippen molar-refractivity contribution in [2.24, 2.45) is 0 Å². The number of alkyl halides is 1. The fourth-order valence-electron chi connectivity index (χ4n) is 1.54. The van der Waals surface area contributed by atoms with Crippen LogP contribution in [0.4, 0.5) is 0 Å². The Kier molecular flexibility index (Phi) is 8.52. The summed E-state index contributed by atoms with van der Waals surface area (Å²) < 4.78 is 0. The molecule has 0 N–H and O–H groups in total. The number of hydrogen-bond acceptors (Lipinski definition) is 0. The monoisotopic (exact) mass is 284 g/mol. The third-order valence-electron chi connectivity index (χ3n) is 2.15. The molecule has 72 valence electrons. The summed E-state index contributed by atoms with van der Waals surface area (Å²) in [6.45, 7) is 0. The SMILES string of the molecule is C1=CCC(CC2=CC=CC2)=C1.CCl.[Zr+2]. The van der Waals surface area contributed by atoms with Crippen LogP contribution in [0.5, 0.6) is 0 Å². The van der Waals surface area contributed by atoms with E-state index in [1.54, 1.807) is 11.1 Å². The summed E-state index contributed by atoms with van der Waals surface area (Å²) in [5.74, 6) is 0. The standard InChI is InChI=1S/C11H12.CH3Cl.Zr/c1-2-6-10(5-1)9-11-7-3-4-8-11;1-2;/h1-5,7H,6,8-9H2;1H3;/q;;+2. The number of halogens is 1. The van der Waals surface area contributed by atoms with Crippen LogP contribution < -0.4 is 0 Å². The Morgan fingerprint density at radius 3 is 1.71 bits per heavy atom. The van der Waals surface area contributed by atoms with Crippen molar-refractivity contribution in [1.29, 1.82) is 0 Å². The van der Waals surface area contributed by atoms with E-state index in [0.29, 0.717) is 0 Å². The minimum absolute atomic E-state index is 0. The molecule has 0 aliphatic heterocycles. The molecule has 0 radical (unpaired) electrons. The summed E-state index contributed by atoms with van der Waals surface area (Å²) in [6.07, 6.45) is 18.2. The number of hydrogen-bond donors (Lipinski definition) is 0. The maximum atomic E-state index is 4.64. The van der Waals surface area contributed by atoms with Crippen molar-refractivity contribution in [1.82, 2.24) is 0 Å². The van der Waals surface area contributed by atoms with Crippen molar-refractivity contribution >= 4 is 11.6 Å². The molecule has 0 unspecified atom stereocenters. The van der Waals surface area contributed by atoms with Crippen LogP contribution in [0, 0.1) is 0 Å². The molecule has 0 nitrogen and oxygen atoms in total. The van der Waals surface area contributed by atoms with Gasteiger partial charge >= 0.3 is 26.2 Å². The molecule has 0 amide bonds. The molecule has 2 aliphatic carbocycles. The molecule has 0 saturated heterocycles. The van der Waals surface area contributed by atoms with E-state index in [2.05, 4.69) is 48.1 Å². The van der Waals surface area contributed by atoms with E-state index in [-0.39, 0.29) is 26.2 Å². The van der Waals surface area contributed by atoms with Crippen LogP contribution in [0.15, 0.2) is 47.6 Å². The number of rotatable bonds is 2. The van der Waals surface area contributed by atoms with E-state index in [1.807, 2.05) is 0 Å². The van der Waals surface area contributed by atoms with Crippen LogP contribution in [0.1, 0.15) is 19.3 Å². The molecule has 0 aromatic rings. The van der Waals surface area contributed by atoms with Crippen molar-refractivity contribution < 1.29 is 26.2 Å². The smallest absolute Gasteiger partial charge is 0.130 e. The van der Waals surface area contributed by atoms with E-state index >= 15 is 0 Å². The minimum atomic E-state index is 0. The average molecular weight is 286 g/mol. The molecule has 2 aliphatic rings. The molecule has 0 saturated carbocycles. The Morgan fingerprint density at radius 1 is 1.00 bits per heavy atom. The fourth-order valence-corrected chi connectivity index (χ4v) is 1.54. The first kappa shape index (κ1) is 14.1. The Labute approximate surface area is 111 Å². The molecule has 0 fully saturated rings. The van der Waals surface area contributed by atoms with Gasteiger partial charge in [-0.1, -0.05) is 47.6 Å². The Bertz CT molecular complexity index is 244. The van der Waals surface area contributed by atoms with E-state index in [1.165, 1.54) is 12.8 Å². The van der Waals surface area contributed by atoms with Crippen LogP contribution >= 0.6 is 11.6 Å². The Balaban J connectivity index is 0.000000531. The molecule has 2 heteroatoms. The minimum Gasteiger partial charge on any atom is -0.130 e. The quantitative estimate of drug-likeness (QED) is 0.673. The third-order valence-corrected chi connectivity index (χ3v) is 2.15.